The van der Waals surface area contributed by atoms with Crippen LogP contribution in [0.2, 0.25) is 0 Å². The summed E-state index contributed by atoms with van der Waals surface area (Å²) >= 11 is 0. The summed E-state index contributed by atoms with van der Waals surface area (Å²) in [5, 5.41) is 3.08. The van der Waals surface area contributed by atoms with Crippen molar-refractivity contribution in [2.24, 2.45) is 0 Å². The van der Waals surface area contributed by atoms with Crippen molar-refractivity contribution < 1.29 is 9.53 Å². The zero-order valence-corrected chi connectivity index (χ0v) is 13.8. The lowest BCUT2D eigenvalue weighted by molar-refractivity contribution is -0.124. The molecule has 1 amide bonds. The maximum absolute atomic E-state index is 12.0. The summed E-state index contributed by atoms with van der Waals surface area (Å²) in [5.41, 5.74) is 1.27. The largest absolute Gasteiger partial charge is 0.484 e. The van der Waals surface area contributed by atoms with Gasteiger partial charge in [0.15, 0.2) is 6.61 Å². The molecule has 1 saturated heterocycles. The summed E-state index contributed by atoms with van der Waals surface area (Å²) in [4.78, 5) is 14.4. The monoisotopic (exact) mass is 304 g/mol. The van der Waals surface area contributed by atoms with Gasteiger partial charge in [0, 0.05) is 19.1 Å². The Labute approximate surface area is 133 Å². The fourth-order valence-electron chi connectivity index (χ4n) is 2.86. The van der Waals surface area contributed by atoms with Crippen LogP contribution in [-0.2, 0) is 11.2 Å². The van der Waals surface area contributed by atoms with Gasteiger partial charge in [0.05, 0.1) is 0 Å². The van der Waals surface area contributed by atoms with Crippen LogP contribution >= 0.6 is 0 Å². The molecular formula is C18H28N2O2. The van der Waals surface area contributed by atoms with Crippen LogP contribution in [0.4, 0.5) is 0 Å². The molecule has 2 rings (SSSR count). The van der Waals surface area contributed by atoms with E-state index in [0.717, 1.165) is 44.6 Å². The first-order valence-corrected chi connectivity index (χ1v) is 8.44. The number of carbonyl (C=O) groups excluding carboxylic acids is 1. The molecule has 0 saturated carbocycles. The molecule has 1 aliphatic rings. The molecule has 4 heteroatoms. The van der Waals surface area contributed by atoms with Gasteiger partial charge in [-0.3, -0.25) is 4.79 Å². The summed E-state index contributed by atoms with van der Waals surface area (Å²) < 4.78 is 5.55. The second-order valence-corrected chi connectivity index (χ2v) is 5.97. The molecule has 0 aliphatic carbocycles. The summed E-state index contributed by atoms with van der Waals surface area (Å²) in [6.45, 7) is 7.75. The molecule has 1 heterocycles. The number of aryl methyl sites for hydroxylation is 1. The second-order valence-electron chi connectivity index (χ2n) is 5.97. The molecule has 0 unspecified atom stereocenters. The maximum atomic E-state index is 12.0. The van der Waals surface area contributed by atoms with Crippen molar-refractivity contribution in [1.82, 2.24) is 10.2 Å². The van der Waals surface area contributed by atoms with Crippen molar-refractivity contribution in [2.45, 2.75) is 45.6 Å². The number of amides is 1. The number of likely N-dealkylation sites (tertiary alicyclic amines) is 1. The van der Waals surface area contributed by atoms with Gasteiger partial charge in [-0.05, 0) is 49.9 Å². The predicted molar refractivity (Wildman–Crippen MR) is 89.2 cm³/mol. The summed E-state index contributed by atoms with van der Waals surface area (Å²) in [6.07, 6.45) is 4.28. The van der Waals surface area contributed by atoms with Gasteiger partial charge in [0.25, 0.3) is 5.91 Å². The highest BCUT2D eigenvalue weighted by Gasteiger charge is 2.20. The molecule has 1 fully saturated rings. The lowest BCUT2D eigenvalue weighted by Gasteiger charge is -2.32. The van der Waals surface area contributed by atoms with E-state index < -0.39 is 0 Å². The number of benzene rings is 1. The first kappa shape index (κ1) is 16.8. The van der Waals surface area contributed by atoms with Crippen LogP contribution in [0, 0.1) is 0 Å². The zero-order chi connectivity index (χ0) is 15.8. The number of rotatable bonds is 7. The van der Waals surface area contributed by atoms with E-state index in [1.807, 2.05) is 24.3 Å². The minimum atomic E-state index is -0.0199. The molecule has 22 heavy (non-hydrogen) atoms. The molecule has 4 nitrogen and oxygen atoms in total. The Balaban J connectivity index is 1.67. The summed E-state index contributed by atoms with van der Waals surface area (Å²) in [6, 6.07) is 8.23. The van der Waals surface area contributed by atoms with Crippen molar-refractivity contribution in [3.63, 3.8) is 0 Å². The standard InChI is InChI=1S/C18H28N2O2/c1-3-11-20-12-9-16(10-13-20)19-18(21)14-22-17-7-5-15(4-2)6-8-17/h5-8,16H,3-4,9-14H2,1-2H3,(H,19,21). The molecule has 1 aromatic carbocycles. The second kappa shape index (κ2) is 8.79. The first-order chi connectivity index (χ1) is 10.7. The van der Waals surface area contributed by atoms with Crippen LogP contribution in [0.25, 0.3) is 0 Å². The Hall–Kier alpha value is -1.55. The first-order valence-electron chi connectivity index (χ1n) is 8.44. The van der Waals surface area contributed by atoms with Crippen LogP contribution in [0.1, 0.15) is 38.7 Å². The number of hydrogen-bond acceptors (Lipinski definition) is 3. The van der Waals surface area contributed by atoms with Gasteiger partial charge in [-0.2, -0.15) is 0 Å². The molecular weight excluding hydrogens is 276 g/mol. The van der Waals surface area contributed by atoms with E-state index in [1.165, 1.54) is 12.0 Å². The van der Waals surface area contributed by atoms with E-state index in [-0.39, 0.29) is 12.5 Å². The maximum Gasteiger partial charge on any atom is 0.258 e. The van der Waals surface area contributed by atoms with Crippen LogP contribution in [0.15, 0.2) is 24.3 Å². The number of hydrogen-bond donors (Lipinski definition) is 1. The fourth-order valence-corrected chi connectivity index (χ4v) is 2.86. The Morgan fingerprint density at radius 1 is 1.23 bits per heavy atom. The Morgan fingerprint density at radius 2 is 1.91 bits per heavy atom. The molecule has 1 aromatic rings. The zero-order valence-electron chi connectivity index (χ0n) is 13.8. The summed E-state index contributed by atoms with van der Waals surface area (Å²) in [7, 11) is 0. The van der Waals surface area contributed by atoms with E-state index in [0.29, 0.717) is 6.04 Å². The van der Waals surface area contributed by atoms with Crippen molar-refractivity contribution in [2.75, 3.05) is 26.2 Å². The van der Waals surface area contributed by atoms with Gasteiger partial charge in [0.1, 0.15) is 5.75 Å². The SMILES string of the molecule is CCCN1CCC(NC(=O)COc2ccc(CC)cc2)CC1. The van der Waals surface area contributed by atoms with Gasteiger partial charge in [0.2, 0.25) is 0 Å². The van der Waals surface area contributed by atoms with Crippen LogP contribution < -0.4 is 10.1 Å². The van der Waals surface area contributed by atoms with Gasteiger partial charge >= 0.3 is 0 Å². The average molecular weight is 304 g/mol. The third-order valence-electron chi connectivity index (χ3n) is 4.19. The Morgan fingerprint density at radius 3 is 2.50 bits per heavy atom. The molecule has 0 spiro atoms. The highest BCUT2D eigenvalue weighted by atomic mass is 16.5. The number of nitrogens with zero attached hydrogens (tertiary/aromatic N) is 1. The Kier molecular flexibility index (Phi) is 6.72. The molecule has 122 valence electrons. The van der Waals surface area contributed by atoms with Gasteiger partial charge in [-0.15, -0.1) is 0 Å². The van der Waals surface area contributed by atoms with Crippen LogP contribution in [0.3, 0.4) is 0 Å². The normalized spacial score (nSPS) is 16.5. The quantitative estimate of drug-likeness (QED) is 0.842. The van der Waals surface area contributed by atoms with Crippen LogP contribution in [0.5, 0.6) is 5.75 Å². The lowest BCUT2D eigenvalue weighted by atomic mass is 10.0. The molecule has 0 aromatic heterocycles. The third kappa shape index (κ3) is 5.34. The van der Waals surface area contributed by atoms with E-state index >= 15 is 0 Å². The number of piperidine rings is 1. The van der Waals surface area contributed by atoms with E-state index in [4.69, 9.17) is 4.74 Å². The predicted octanol–water partition coefficient (Wildman–Crippen LogP) is 2.62. The van der Waals surface area contributed by atoms with E-state index in [1.54, 1.807) is 0 Å². The van der Waals surface area contributed by atoms with Crippen molar-refractivity contribution >= 4 is 5.91 Å². The minimum absolute atomic E-state index is 0.0199. The van der Waals surface area contributed by atoms with Crippen molar-refractivity contribution in [3.05, 3.63) is 29.8 Å². The molecule has 1 aliphatic heterocycles. The molecule has 0 atom stereocenters. The van der Waals surface area contributed by atoms with Crippen molar-refractivity contribution in [1.29, 1.82) is 0 Å². The number of ether oxygens (including phenoxy) is 1. The van der Waals surface area contributed by atoms with E-state index in [9.17, 15) is 4.79 Å². The fraction of sp³-hybridized carbons (Fsp3) is 0.611. The van der Waals surface area contributed by atoms with Crippen molar-refractivity contribution in [3.8, 4) is 5.75 Å². The Bertz CT molecular complexity index is 451. The third-order valence-corrected chi connectivity index (χ3v) is 4.19. The number of carbonyl (C=O) groups is 1. The number of nitrogens with one attached hydrogen (secondary N) is 1. The highest BCUT2D eigenvalue weighted by Crippen LogP contribution is 2.13. The van der Waals surface area contributed by atoms with Gasteiger partial charge in [-0.25, -0.2) is 0 Å². The smallest absolute Gasteiger partial charge is 0.258 e. The topological polar surface area (TPSA) is 41.6 Å². The van der Waals surface area contributed by atoms with Crippen LogP contribution in [-0.4, -0.2) is 43.1 Å². The molecule has 1 N–H and O–H groups in total. The summed E-state index contributed by atoms with van der Waals surface area (Å²) in [5.74, 6) is 0.735. The highest BCUT2D eigenvalue weighted by molar-refractivity contribution is 5.77. The van der Waals surface area contributed by atoms with Gasteiger partial charge < -0.3 is 15.0 Å². The molecule has 0 bridgehead atoms. The minimum Gasteiger partial charge on any atom is -0.484 e. The van der Waals surface area contributed by atoms with Gasteiger partial charge in [-0.1, -0.05) is 26.0 Å². The molecule has 0 radical (unpaired) electrons. The average Bonchev–Trinajstić information content (AvgIpc) is 2.55. The lowest BCUT2D eigenvalue weighted by Crippen LogP contribution is -2.46. The van der Waals surface area contributed by atoms with E-state index in [2.05, 4.69) is 24.1 Å².